The summed E-state index contributed by atoms with van der Waals surface area (Å²) in [7, 11) is 0. The van der Waals surface area contributed by atoms with Crippen LogP contribution in [0.15, 0.2) is 173 Å². The Morgan fingerprint density at radius 1 is 0.458 bits per heavy atom. The number of benzene rings is 6. The van der Waals surface area contributed by atoms with Crippen LogP contribution in [-0.4, -0.2) is 14.4 Å². The Bertz CT molecular complexity index is 2660. The van der Waals surface area contributed by atoms with Crippen LogP contribution in [-0.2, 0) is 0 Å². The molecule has 0 saturated heterocycles. The predicted octanol–water partition coefficient (Wildman–Crippen LogP) is 10.3. The van der Waals surface area contributed by atoms with Gasteiger partial charge in [-0.2, -0.15) is 4.98 Å². The van der Waals surface area contributed by atoms with Gasteiger partial charge in [-0.3, -0.25) is 0 Å². The molecular weight excluding hydrogens is 590 g/mol. The average molecular weight is 618 g/mol. The highest BCUT2D eigenvalue weighted by molar-refractivity contribution is 6.12. The van der Waals surface area contributed by atoms with Gasteiger partial charge in [0.15, 0.2) is 5.82 Å². The van der Waals surface area contributed by atoms with Crippen LogP contribution < -0.4 is 5.69 Å². The second kappa shape index (κ2) is 11.3. The minimum atomic E-state index is -0.391. The molecule has 0 bridgehead atoms. The lowest BCUT2D eigenvalue weighted by atomic mass is 9.98. The highest BCUT2D eigenvalue weighted by Gasteiger charge is 2.18. The summed E-state index contributed by atoms with van der Waals surface area (Å²) in [6.07, 6.45) is 0. The van der Waals surface area contributed by atoms with Gasteiger partial charge in [-0.05, 0) is 69.3 Å². The molecule has 9 aromatic rings. The standard InChI is InChI=1S/C43H27N3O2/c47-43-45-42(44-40-27-34(29-13-6-2-7-14-29)26-37(46(40)43)32-15-8-3-9-16-32)35-17-10-18-39-41(35)36-25-33(23-24-38(36)48-39)31-21-19-30(20-22-31)28-11-4-1-5-12-28/h1-27H. The van der Waals surface area contributed by atoms with E-state index in [9.17, 15) is 4.79 Å². The zero-order valence-electron chi connectivity index (χ0n) is 25.7. The maximum Gasteiger partial charge on any atom is 0.355 e. The summed E-state index contributed by atoms with van der Waals surface area (Å²) in [5, 5.41) is 1.82. The minimum absolute atomic E-state index is 0.357. The lowest BCUT2D eigenvalue weighted by Gasteiger charge is -2.13. The van der Waals surface area contributed by atoms with Crippen LogP contribution in [0.3, 0.4) is 0 Å². The van der Waals surface area contributed by atoms with Gasteiger partial charge < -0.3 is 4.42 Å². The van der Waals surface area contributed by atoms with E-state index in [-0.39, 0.29) is 0 Å². The maximum absolute atomic E-state index is 13.9. The summed E-state index contributed by atoms with van der Waals surface area (Å²) in [6, 6.07) is 55.0. The number of furan rings is 1. The molecule has 3 heterocycles. The van der Waals surface area contributed by atoms with Gasteiger partial charge in [-0.1, -0.05) is 133 Å². The normalized spacial score (nSPS) is 11.4. The Morgan fingerprint density at radius 3 is 1.73 bits per heavy atom. The molecule has 5 heteroatoms. The van der Waals surface area contributed by atoms with E-state index in [4.69, 9.17) is 9.40 Å². The third-order valence-electron chi connectivity index (χ3n) is 8.90. The van der Waals surface area contributed by atoms with E-state index in [2.05, 4.69) is 77.8 Å². The van der Waals surface area contributed by atoms with Gasteiger partial charge in [0, 0.05) is 16.3 Å². The molecule has 0 aliphatic carbocycles. The number of fused-ring (bicyclic) bond motifs is 4. The third-order valence-corrected chi connectivity index (χ3v) is 8.90. The zero-order chi connectivity index (χ0) is 32.0. The molecule has 0 spiro atoms. The summed E-state index contributed by atoms with van der Waals surface area (Å²) < 4.78 is 7.91. The summed E-state index contributed by atoms with van der Waals surface area (Å²) >= 11 is 0. The number of aromatic nitrogens is 3. The summed E-state index contributed by atoms with van der Waals surface area (Å²) in [5.74, 6) is 0.357. The van der Waals surface area contributed by atoms with Crippen molar-refractivity contribution in [3.63, 3.8) is 0 Å². The van der Waals surface area contributed by atoms with Gasteiger partial charge >= 0.3 is 5.69 Å². The number of hydrogen-bond acceptors (Lipinski definition) is 4. The molecule has 226 valence electrons. The van der Waals surface area contributed by atoms with E-state index in [0.29, 0.717) is 17.1 Å². The summed E-state index contributed by atoms with van der Waals surface area (Å²) in [4.78, 5) is 23.5. The van der Waals surface area contributed by atoms with Crippen molar-refractivity contribution in [1.82, 2.24) is 14.4 Å². The molecule has 0 unspecified atom stereocenters. The Kier molecular flexibility index (Phi) is 6.54. The van der Waals surface area contributed by atoms with E-state index in [1.54, 1.807) is 4.40 Å². The van der Waals surface area contributed by atoms with Crippen LogP contribution in [0, 0.1) is 0 Å². The van der Waals surface area contributed by atoms with Crippen LogP contribution in [0.4, 0.5) is 0 Å². The Labute approximate surface area is 276 Å². The maximum atomic E-state index is 13.9. The summed E-state index contributed by atoms with van der Waals surface area (Å²) in [6.45, 7) is 0. The van der Waals surface area contributed by atoms with E-state index in [0.717, 1.165) is 55.4 Å². The molecule has 0 aliphatic heterocycles. The first-order chi connectivity index (χ1) is 23.7. The van der Waals surface area contributed by atoms with Crippen LogP contribution >= 0.6 is 0 Å². The zero-order valence-corrected chi connectivity index (χ0v) is 25.7. The molecule has 3 aromatic heterocycles. The molecule has 0 aliphatic rings. The van der Waals surface area contributed by atoms with Crippen molar-refractivity contribution >= 4 is 27.6 Å². The van der Waals surface area contributed by atoms with Crippen molar-refractivity contribution in [3.8, 4) is 56.0 Å². The highest BCUT2D eigenvalue weighted by atomic mass is 16.3. The van der Waals surface area contributed by atoms with Gasteiger partial charge in [-0.25, -0.2) is 14.2 Å². The van der Waals surface area contributed by atoms with Gasteiger partial charge in [0.1, 0.15) is 16.8 Å². The fraction of sp³-hybridized carbons (Fsp3) is 0. The largest absolute Gasteiger partial charge is 0.456 e. The third kappa shape index (κ3) is 4.77. The first-order valence-corrected chi connectivity index (χ1v) is 15.9. The lowest BCUT2D eigenvalue weighted by Crippen LogP contribution is -2.21. The molecular formula is C43H27N3O2. The van der Waals surface area contributed by atoms with Crippen molar-refractivity contribution < 1.29 is 4.42 Å². The van der Waals surface area contributed by atoms with Crippen molar-refractivity contribution in [2.75, 3.05) is 0 Å². The molecule has 6 aromatic carbocycles. The van der Waals surface area contributed by atoms with Crippen LogP contribution in [0.2, 0.25) is 0 Å². The van der Waals surface area contributed by atoms with Crippen molar-refractivity contribution in [2.24, 2.45) is 0 Å². The van der Waals surface area contributed by atoms with Crippen LogP contribution in [0.5, 0.6) is 0 Å². The molecule has 0 atom stereocenters. The Balaban J connectivity index is 1.22. The van der Waals surface area contributed by atoms with Crippen LogP contribution in [0.1, 0.15) is 0 Å². The van der Waals surface area contributed by atoms with Crippen LogP contribution in [0.25, 0.3) is 83.6 Å². The number of rotatable bonds is 5. The van der Waals surface area contributed by atoms with E-state index < -0.39 is 5.69 Å². The molecule has 0 saturated carbocycles. The minimum Gasteiger partial charge on any atom is -0.456 e. The van der Waals surface area contributed by atoms with Gasteiger partial charge in [0.25, 0.3) is 0 Å². The van der Waals surface area contributed by atoms with E-state index in [1.165, 1.54) is 11.1 Å². The Hall–Kier alpha value is -6.59. The monoisotopic (exact) mass is 617 g/mol. The molecule has 0 radical (unpaired) electrons. The smallest absolute Gasteiger partial charge is 0.355 e. The van der Waals surface area contributed by atoms with E-state index >= 15 is 0 Å². The fourth-order valence-electron chi connectivity index (χ4n) is 6.56. The van der Waals surface area contributed by atoms with Crippen molar-refractivity contribution in [2.45, 2.75) is 0 Å². The van der Waals surface area contributed by atoms with E-state index in [1.807, 2.05) is 91.0 Å². The molecule has 0 amide bonds. The van der Waals surface area contributed by atoms with Gasteiger partial charge in [0.2, 0.25) is 0 Å². The Morgan fingerprint density at radius 2 is 1.04 bits per heavy atom. The number of pyridine rings is 1. The molecule has 0 fully saturated rings. The molecule has 0 N–H and O–H groups in total. The first-order valence-electron chi connectivity index (χ1n) is 15.9. The lowest BCUT2D eigenvalue weighted by molar-refractivity contribution is 0.669. The van der Waals surface area contributed by atoms with Crippen molar-refractivity contribution in [3.05, 3.63) is 174 Å². The molecule has 5 nitrogen and oxygen atoms in total. The van der Waals surface area contributed by atoms with Gasteiger partial charge in [-0.15, -0.1) is 0 Å². The number of nitrogens with zero attached hydrogens (tertiary/aromatic N) is 3. The topological polar surface area (TPSA) is 60.4 Å². The first kappa shape index (κ1) is 27.7. The molecule has 48 heavy (non-hydrogen) atoms. The van der Waals surface area contributed by atoms with Crippen molar-refractivity contribution in [1.29, 1.82) is 0 Å². The molecule has 9 rings (SSSR count). The van der Waals surface area contributed by atoms with Gasteiger partial charge in [0.05, 0.1) is 5.69 Å². The highest BCUT2D eigenvalue weighted by Crippen LogP contribution is 2.38. The number of hydrogen-bond donors (Lipinski definition) is 0. The second-order valence-corrected chi connectivity index (χ2v) is 11.8. The summed E-state index contributed by atoms with van der Waals surface area (Å²) in [5.41, 5.74) is 10.5. The average Bonchev–Trinajstić information content (AvgIpc) is 3.54. The quantitative estimate of drug-likeness (QED) is 0.193. The second-order valence-electron chi connectivity index (χ2n) is 11.8. The predicted molar refractivity (Wildman–Crippen MR) is 194 cm³/mol. The fourth-order valence-corrected chi connectivity index (χ4v) is 6.56. The SMILES string of the molecule is O=c1nc(-c2cccc3oc4ccc(-c5ccc(-c6ccccc6)cc5)cc4c23)nc2cc(-c3ccccc3)cc(-c3ccccc3)n12.